The van der Waals surface area contributed by atoms with Crippen LogP contribution in [-0.4, -0.2) is 13.8 Å². The number of aromatic nitrogens is 3. The van der Waals surface area contributed by atoms with Crippen molar-refractivity contribution in [2.24, 2.45) is 0 Å². The molecule has 0 saturated heterocycles. The highest BCUT2D eigenvalue weighted by Crippen LogP contribution is 2.63. The average Bonchev–Trinajstić information content (AvgIpc) is 4.05. The highest BCUT2D eigenvalue weighted by molar-refractivity contribution is 6.19. The lowest BCUT2D eigenvalue weighted by atomic mass is 9.70. The summed E-state index contributed by atoms with van der Waals surface area (Å²) in [6.45, 7) is 0. The zero-order valence-corrected chi connectivity index (χ0v) is 30.7. The molecule has 12 aromatic rings. The smallest absolute Gasteiger partial charge is 0.220 e. The molecule has 0 unspecified atom stereocenters. The van der Waals surface area contributed by atoms with Crippen LogP contribution in [0.1, 0.15) is 22.3 Å². The largest absolute Gasteiger partial charge is 0.277 e. The Morgan fingerprint density at radius 3 is 1.61 bits per heavy atom. The Morgan fingerprint density at radius 2 is 0.912 bits per heavy atom. The van der Waals surface area contributed by atoms with Gasteiger partial charge in [-0.1, -0.05) is 146 Å². The van der Waals surface area contributed by atoms with Crippen molar-refractivity contribution >= 4 is 54.9 Å². The van der Waals surface area contributed by atoms with Crippen LogP contribution in [0.25, 0.3) is 99.4 Å². The summed E-state index contributed by atoms with van der Waals surface area (Å²) < 4.78 is 4.72. The van der Waals surface area contributed by atoms with E-state index in [1.807, 2.05) is 0 Å². The van der Waals surface area contributed by atoms with Crippen LogP contribution in [0.2, 0.25) is 0 Å². The van der Waals surface area contributed by atoms with Gasteiger partial charge in [-0.15, -0.1) is 0 Å². The summed E-state index contributed by atoms with van der Waals surface area (Å²) >= 11 is 0. The Balaban J connectivity index is 0.960. The molecule has 3 heterocycles. The minimum Gasteiger partial charge on any atom is -0.277 e. The van der Waals surface area contributed by atoms with Gasteiger partial charge in [0.1, 0.15) is 0 Å². The van der Waals surface area contributed by atoms with E-state index in [1.54, 1.807) is 0 Å². The minimum absolute atomic E-state index is 0.353. The molecule has 0 fully saturated rings. The predicted molar refractivity (Wildman–Crippen MR) is 235 cm³/mol. The molecule has 14 rings (SSSR count). The van der Waals surface area contributed by atoms with Crippen LogP contribution in [0.15, 0.2) is 188 Å². The molecule has 1 spiro atoms. The van der Waals surface area contributed by atoms with Crippen molar-refractivity contribution in [1.29, 1.82) is 0 Å². The first-order chi connectivity index (χ1) is 28.3. The molecule has 3 aromatic heterocycles. The van der Waals surface area contributed by atoms with Crippen LogP contribution < -0.4 is 0 Å². The number of hydrogen-bond donors (Lipinski definition) is 0. The third kappa shape index (κ3) is 3.61. The normalized spacial score (nSPS) is 13.8. The number of hydrogen-bond acceptors (Lipinski definition) is 1. The van der Waals surface area contributed by atoms with Gasteiger partial charge < -0.3 is 0 Å². The second-order valence-corrected chi connectivity index (χ2v) is 15.9. The number of fused-ring (bicyclic) bond motifs is 19. The fourth-order valence-corrected chi connectivity index (χ4v) is 10.9. The summed E-state index contributed by atoms with van der Waals surface area (Å²) in [6, 6.07) is 70.1. The van der Waals surface area contributed by atoms with Crippen molar-refractivity contribution in [2.45, 2.75) is 5.41 Å². The molecule has 0 atom stereocenters. The van der Waals surface area contributed by atoms with Gasteiger partial charge in [-0.05, 0) is 120 Å². The van der Waals surface area contributed by atoms with E-state index < -0.39 is 0 Å². The lowest BCUT2D eigenvalue weighted by Crippen LogP contribution is -2.25. The van der Waals surface area contributed by atoms with Crippen molar-refractivity contribution in [3.05, 3.63) is 210 Å². The molecule has 0 N–H and O–H groups in total. The molecule has 0 bridgehead atoms. The molecular formula is C54H31N3. The predicted octanol–water partition coefficient (Wildman–Crippen LogP) is 13.3. The zero-order chi connectivity index (χ0) is 37.0. The summed E-state index contributed by atoms with van der Waals surface area (Å²) in [5.74, 6) is 0.957. The van der Waals surface area contributed by atoms with E-state index in [-0.39, 0.29) is 5.41 Å². The molecule has 57 heavy (non-hydrogen) atoms. The SMILES string of the molecule is c1ccc2c(c1)-c1ccccc1C21c2ccccc2-c2ccc(-c3ccc(-c4cc5c6cc7ccccc7cc6n6c5c(c4)n4c5ccccc5nc46)cc3)cc21. The highest BCUT2D eigenvalue weighted by Gasteiger charge is 2.51. The number of imidazole rings is 2. The van der Waals surface area contributed by atoms with Crippen LogP contribution in [0, 0.1) is 0 Å². The quantitative estimate of drug-likeness (QED) is 0.174. The molecule has 0 amide bonds. The van der Waals surface area contributed by atoms with Gasteiger partial charge in [0.25, 0.3) is 0 Å². The minimum atomic E-state index is -0.353. The van der Waals surface area contributed by atoms with E-state index in [9.17, 15) is 0 Å². The second-order valence-electron chi connectivity index (χ2n) is 15.9. The number of para-hydroxylation sites is 2. The van der Waals surface area contributed by atoms with Crippen LogP contribution in [-0.2, 0) is 5.41 Å². The third-order valence-corrected chi connectivity index (χ3v) is 13.2. The van der Waals surface area contributed by atoms with Gasteiger partial charge in [0.05, 0.1) is 33.0 Å². The number of nitrogens with zero attached hydrogens (tertiary/aromatic N) is 3. The first-order valence-electron chi connectivity index (χ1n) is 19.8. The molecule has 3 heteroatoms. The van der Waals surface area contributed by atoms with Gasteiger partial charge in [-0.3, -0.25) is 8.80 Å². The molecule has 9 aromatic carbocycles. The molecule has 0 aliphatic heterocycles. The van der Waals surface area contributed by atoms with Crippen LogP contribution in [0.4, 0.5) is 0 Å². The van der Waals surface area contributed by atoms with E-state index in [0.29, 0.717) is 0 Å². The maximum atomic E-state index is 5.20. The molecule has 2 aliphatic carbocycles. The Kier molecular flexibility index (Phi) is 5.45. The van der Waals surface area contributed by atoms with Gasteiger partial charge >= 0.3 is 0 Å². The Bertz CT molecular complexity index is 3630. The first kappa shape index (κ1) is 29.8. The van der Waals surface area contributed by atoms with Gasteiger partial charge in [-0.25, -0.2) is 4.98 Å². The lowest BCUT2D eigenvalue weighted by Gasteiger charge is -2.30. The van der Waals surface area contributed by atoms with Crippen molar-refractivity contribution < 1.29 is 0 Å². The highest BCUT2D eigenvalue weighted by atomic mass is 15.2. The molecule has 0 radical (unpaired) electrons. The topological polar surface area (TPSA) is 21.7 Å². The molecular weight excluding hydrogens is 691 g/mol. The zero-order valence-electron chi connectivity index (χ0n) is 30.7. The summed E-state index contributed by atoms with van der Waals surface area (Å²) in [4.78, 5) is 5.20. The van der Waals surface area contributed by atoms with Crippen LogP contribution >= 0.6 is 0 Å². The molecule has 2 aliphatic rings. The average molecular weight is 722 g/mol. The van der Waals surface area contributed by atoms with E-state index in [1.165, 1.54) is 105 Å². The molecule has 262 valence electrons. The summed E-state index contributed by atoms with van der Waals surface area (Å²) in [7, 11) is 0. The van der Waals surface area contributed by atoms with Gasteiger partial charge in [0.2, 0.25) is 5.78 Å². The Hall–Kier alpha value is -7.49. The monoisotopic (exact) mass is 721 g/mol. The maximum Gasteiger partial charge on any atom is 0.220 e. The second kappa shape index (κ2) is 10.4. The van der Waals surface area contributed by atoms with Gasteiger partial charge in [0.15, 0.2) is 0 Å². The first-order valence-corrected chi connectivity index (χ1v) is 19.8. The Labute approximate surface area is 327 Å². The number of benzene rings is 9. The number of rotatable bonds is 2. The molecule has 3 nitrogen and oxygen atoms in total. The third-order valence-electron chi connectivity index (χ3n) is 13.2. The summed E-state index contributed by atoms with van der Waals surface area (Å²) in [5, 5.41) is 4.99. The maximum absolute atomic E-state index is 5.20. The van der Waals surface area contributed by atoms with Crippen molar-refractivity contribution in [1.82, 2.24) is 13.8 Å². The summed E-state index contributed by atoms with van der Waals surface area (Å²) in [5.41, 5.74) is 21.0. The lowest BCUT2D eigenvalue weighted by molar-refractivity contribution is 0.794. The fraction of sp³-hybridized carbons (Fsp3) is 0.0185. The summed E-state index contributed by atoms with van der Waals surface area (Å²) in [6.07, 6.45) is 0. The van der Waals surface area contributed by atoms with E-state index in [4.69, 9.17) is 4.98 Å². The van der Waals surface area contributed by atoms with Crippen molar-refractivity contribution in [3.8, 4) is 44.5 Å². The van der Waals surface area contributed by atoms with Crippen molar-refractivity contribution in [3.63, 3.8) is 0 Å². The van der Waals surface area contributed by atoms with Crippen LogP contribution in [0.5, 0.6) is 0 Å². The molecule has 0 saturated carbocycles. The van der Waals surface area contributed by atoms with Crippen LogP contribution in [0.3, 0.4) is 0 Å². The van der Waals surface area contributed by atoms with Crippen molar-refractivity contribution in [2.75, 3.05) is 0 Å². The van der Waals surface area contributed by atoms with Gasteiger partial charge in [0, 0.05) is 10.8 Å². The van der Waals surface area contributed by atoms with Gasteiger partial charge in [-0.2, -0.15) is 0 Å². The fourth-order valence-electron chi connectivity index (χ4n) is 10.9. The van der Waals surface area contributed by atoms with E-state index in [2.05, 4.69) is 197 Å². The standard InChI is InChI=1S/C54H31N3/c1-2-12-35-30-50-42(27-34(35)11-1)43-28-37(31-51-52(43)57(50)53-55-48-19-9-10-20-49(48)56(51)53)33-23-21-32(22-24-33)36-25-26-41-40-15-5-8-18-46(40)54(47(41)29-36)44-16-6-3-13-38(44)39-14-4-7-17-45(39)54/h1-31H. The van der Waals surface area contributed by atoms with E-state index in [0.717, 1.165) is 16.8 Å². The Morgan fingerprint density at radius 1 is 0.351 bits per heavy atom. The van der Waals surface area contributed by atoms with E-state index >= 15 is 0 Å².